The molecule has 0 heterocycles. The van der Waals surface area contributed by atoms with Gasteiger partial charge in [-0.3, -0.25) is 4.79 Å². The summed E-state index contributed by atoms with van der Waals surface area (Å²) in [5.74, 6) is -0.136. The van der Waals surface area contributed by atoms with E-state index in [2.05, 4.69) is 0 Å². The molecule has 2 atom stereocenters. The Morgan fingerprint density at radius 1 is 1.80 bits per heavy atom. The van der Waals surface area contributed by atoms with E-state index in [1.807, 2.05) is 0 Å². The Hall–Kier alpha value is -0.670. The quantitative estimate of drug-likeness (QED) is 0.525. The summed E-state index contributed by atoms with van der Waals surface area (Å²) in [6, 6.07) is 0. The van der Waals surface area contributed by atoms with Crippen LogP contribution < -0.4 is 0 Å². The number of carbonyl (C=O) groups excluding carboxylic acids is 1. The third-order valence-corrected chi connectivity index (χ3v) is 1.74. The van der Waals surface area contributed by atoms with Crippen LogP contribution in [0, 0.1) is 0 Å². The number of aliphatic hydroxyl groups excluding tert-OH is 1. The zero-order valence-electron chi connectivity index (χ0n) is 5.74. The van der Waals surface area contributed by atoms with E-state index >= 15 is 0 Å². The molecular weight excluding hydrogens is 132 g/mol. The van der Waals surface area contributed by atoms with E-state index in [-0.39, 0.29) is 12.2 Å². The first kappa shape index (κ1) is 7.44. The van der Waals surface area contributed by atoms with Crippen LogP contribution in [0.2, 0.25) is 0 Å². The molecule has 1 aliphatic rings. The van der Waals surface area contributed by atoms with Crippen molar-refractivity contribution in [3.63, 3.8) is 0 Å². The van der Waals surface area contributed by atoms with Crippen LogP contribution in [0.3, 0.4) is 0 Å². The molecular formula is C7H10O3. The lowest BCUT2D eigenvalue weighted by Crippen LogP contribution is -2.37. The predicted octanol–water partition coefficient (Wildman–Crippen LogP) is -0.373. The van der Waals surface area contributed by atoms with Gasteiger partial charge < -0.3 is 10.2 Å². The zero-order valence-corrected chi connectivity index (χ0v) is 5.74. The predicted molar refractivity (Wildman–Crippen MR) is 35.4 cm³/mol. The van der Waals surface area contributed by atoms with E-state index in [1.165, 1.54) is 19.1 Å². The molecule has 0 radical (unpaired) electrons. The maximum absolute atomic E-state index is 10.6. The van der Waals surface area contributed by atoms with Gasteiger partial charge in [0.05, 0.1) is 6.10 Å². The molecule has 0 saturated carbocycles. The lowest BCUT2D eigenvalue weighted by atomic mass is 9.98. The van der Waals surface area contributed by atoms with Crippen molar-refractivity contribution >= 4 is 5.78 Å². The molecule has 0 aromatic rings. The second-order valence-electron chi connectivity index (χ2n) is 2.64. The van der Waals surface area contributed by atoms with Crippen LogP contribution in [0.15, 0.2) is 12.2 Å². The Kier molecular flexibility index (Phi) is 1.62. The average molecular weight is 142 g/mol. The maximum Gasteiger partial charge on any atom is 0.158 e. The molecule has 0 aliphatic heterocycles. The van der Waals surface area contributed by atoms with Crippen molar-refractivity contribution in [3.8, 4) is 0 Å². The van der Waals surface area contributed by atoms with Gasteiger partial charge >= 0.3 is 0 Å². The Morgan fingerprint density at radius 3 is 2.60 bits per heavy atom. The minimum Gasteiger partial charge on any atom is -0.390 e. The van der Waals surface area contributed by atoms with Crippen molar-refractivity contribution in [2.75, 3.05) is 0 Å². The number of carbonyl (C=O) groups is 1. The van der Waals surface area contributed by atoms with Gasteiger partial charge in [0.15, 0.2) is 5.78 Å². The summed E-state index contributed by atoms with van der Waals surface area (Å²) in [4.78, 5) is 10.6. The van der Waals surface area contributed by atoms with Crippen LogP contribution in [-0.2, 0) is 4.79 Å². The lowest BCUT2D eigenvalue weighted by molar-refractivity contribution is -0.119. The summed E-state index contributed by atoms with van der Waals surface area (Å²) in [7, 11) is 0. The maximum atomic E-state index is 10.6. The van der Waals surface area contributed by atoms with Crippen LogP contribution >= 0.6 is 0 Å². The topological polar surface area (TPSA) is 57.5 Å². The van der Waals surface area contributed by atoms with Crippen molar-refractivity contribution in [1.29, 1.82) is 0 Å². The SMILES string of the molecule is C[C@H](O)[C@@]1(O)C=CC(=O)C1. The van der Waals surface area contributed by atoms with Crippen LogP contribution in [-0.4, -0.2) is 27.7 Å². The summed E-state index contributed by atoms with van der Waals surface area (Å²) in [6.07, 6.45) is 1.77. The highest BCUT2D eigenvalue weighted by Crippen LogP contribution is 2.23. The first-order valence-corrected chi connectivity index (χ1v) is 3.17. The number of hydrogen-bond donors (Lipinski definition) is 2. The highest BCUT2D eigenvalue weighted by molar-refractivity contribution is 5.93. The van der Waals surface area contributed by atoms with Gasteiger partial charge in [-0.15, -0.1) is 0 Å². The number of ketones is 1. The van der Waals surface area contributed by atoms with Gasteiger partial charge in [-0.25, -0.2) is 0 Å². The van der Waals surface area contributed by atoms with Crippen molar-refractivity contribution in [3.05, 3.63) is 12.2 Å². The molecule has 10 heavy (non-hydrogen) atoms. The third-order valence-electron chi connectivity index (χ3n) is 1.74. The highest BCUT2D eigenvalue weighted by atomic mass is 16.3. The molecule has 0 bridgehead atoms. The van der Waals surface area contributed by atoms with Crippen LogP contribution in [0.1, 0.15) is 13.3 Å². The Bertz CT molecular complexity index is 183. The largest absolute Gasteiger partial charge is 0.390 e. The first-order chi connectivity index (χ1) is 4.54. The Morgan fingerprint density at radius 2 is 2.40 bits per heavy atom. The highest BCUT2D eigenvalue weighted by Gasteiger charge is 2.35. The molecule has 0 amide bonds. The summed E-state index contributed by atoms with van der Waals surface area (Å²) < 4.78 is 0. The molecule has 56 valence electrons. The molecule has 0 saturated heterocycles. The number of rotatable bonds is 1. The smallest absolute Gasteiger partial charge is 0.158 e. The standard InChI is InChI=1S/C7H10O3/c1-5(8)7(10)3-2-6(9)4-7/h2-3,5,8,10H,4H2,1H3/t5-,7+/m0/s1. The van der Waals surface area contributed by atoms with Gasteiger partial charge in [-0.2, -0.15) is 0 Å². The zero-order chi connectivity index (χ0) is 7.78. The third kappa shape index (κ3) is 1.10. The average Bonchev–Trinajstić information content (AvgIpc) is 2.13. The first-order valence-electron chi connectivity index (χ1n) is 3.17. The van der Waals surface area contributed by atoms with E-state index in [4.69, 9.17) is 5.11 Å². The summed E-state index contributed by atoms with van der Waals surface area (Å²) in [5.41, 5.74) is -1.31. The van der Waals surface area contributed by atoms with Crippen molar-refractivity contribution in [1.82, 2.24) is 0 Å². The van der Waals surface area contributed by atoms with Gasteiger partial charge in [-0.05, 0) is 19.1 Å². The molecule has 1 aliphatic carbocycles. The van der Waals surface area contributed by atoms with E-state index in [9.17, 15) is 9.90 Å². The molecule has 0 fully saturated rings. The normalized spacial score (nSPS) is 34.9. The summed E-state index contributed by atoms with van der Waals surface area (Å²) >= 11 is 0. The fraction of sp³-hybridized carbons (Fsp3) is 0.571. The van der Waals surface area contributed by atoms with Gasteiger partial charge in [-0.1, -0.05) is 0 Å². The second-order valence-corrected chi connectivity index (χ2v) is 2.64. The summed E-state index contributed by atoms with van der Waals surface area (Å²) in [5, 5.41) is 18.4. The van der Waals surface area contributed by atoms with E-state index in [0.29, 0.717) is 0 Å². The van der Waals surface area contributed by atoms with Gasteiger partial charge in [0.1, 0.15) is 5.60 Å². The minimum atomic E-state index is -1.31. The Labute approximate surface area is 59.0 Å². The van der Waals surface area contributed by atoms with E-state index < -0.39 is 11.7 Å². The number of hydrogen-bond acceptors (Lipinski definition) is 3. The van der Waals surface area contributed by atoms with E-state index in [1.54, 1.807) is 0 Å². The minimum absolute atomic E-state index is 0.00463. The van der Waals surface area contributed by atoms with Crippen molar-refractivity contribution in [2.24, 2.45) is 0 Å². The molecule has 0 unspecified atom stereocenters. The number of allylic oxidation sites excluding steroid dienone is 1. The molecule has 0 aromatic heterocycles. The molecule has 1 rings (SSSR count). The molecule has 2 N–H and O–H groups in total. The van der Waals surface area contributed by atoms with Crippen LogP contribution in [0.4, 0.5) is 0 Å². The van der Waals surface area contributed by atoms with Crippen LogP contribution in [0.5, 0.6) is 0 Å². The monoisotopic (exact) mass is 142 g/mol. The fourth-order valence-electron chi connectivity index (χ4n) is 0.921. The Balaban J connectivity index is 2.74. The van der Waals surface area contributed by atoms with Gasteiger partial charge in [0.25, 0.3) is 0 Å². The van der Waals surface area contributed by atoms with E-state index in [0.717, 1.165) is 0 Å². The van der Waals surface area contributed by atoms with Crippen molar-refractivity contribution in [2.45, 2.75) is 25.0 Å². The van der Waals surface area contributed by atoms with Gasteiger partial charge in [0.2, 0.25) is 0 Å². The van der Waals surface area contributed by atoms with Crippen molar-refractivity contribution < 1.29 is 15.0 Å². The van der Waals surface area contributed by atoms with Crippen LogP contribution in [0.25, 0.3) is 0 Å². The molecule has 3 heteroatoms. The van der Waals surface area contributed by atoms with Gasteiger partial charge in [0, 0.05) is 6.42 Å². The lowest BCUT2D eigenvalue weighted by Gasteiger charge is -2.22. The summed E-state index contributed by atoms with van der Waals surface area (Å²) in [6.45, 7) is 1.46. The number of aliphatic hydroxyl groups is 2. The molecule has 0 spiro atoms. The second kappa shape index (κ2) is 2.18. The molecule has 3 nitrogen and oxygen atoms in total. The molecule has 0 aromatic carbocycles. The fourth-order valence-corrected chi connectivity index (χ4v) is 0.921.